The van der Waals surface area contributed by atoms with Crippen LogP contribution in [0.1, 0.15) is 36.9 Å². The topological polar surface area (TPSA) is 109 Å². The molecule has 2 aliphatic rings. The standard InChI is InChI=1S/C25H26N6O2S2/c32-23-21(35-25(33)31-23)12-20-7-10-28-24(30-20)29-19-5-3-16(4-6-19)13-26-14-17-2-1-9-27-22(17)18-8-11-34-15-18/h1-2,7-12,15-16,19,26H,3-6,13-14H2,(H,28,29,30)(H,31,32,33). The van der Waals surface area contributed by atoms with Crippen LogP contribution in [0.5, 0.6) is 0 Å². The van der Waals surface area contributed by atoms with Gasteiger partial charge in [0.15, 0.2) is 0 Å². The van der Waals surface area contributed by atoms with Crippen molar-refractivity contribution in [3.8, 4) is 11.3 Å². The Balaban J connectivity index is 1.09. The van der Waals surface area contributed by atoms with Gasteiger partial charge in [0.1, 0.15) is 0 Å². The van der Waals surface area contributed by atoms with E-state index in [4.69, 9.17) is 0 Å². The summed E-state index contributed by atoms with van der Waals surface area (Å²) in [5, 5.41) is 13.2. The first-order valence-electron chi connectivity index (χ1n) is 11.7. The van der Waals surface area contributed by atoms with Gasteiger partial charge in [0, 0.05) is 35.9 Å². The Hall–Kier alpha value is -3.08. The first-order chi connectivity index (χ1) is 17.1. The number of carbonyl (C=O) groups excluding carboxylic acids is 2. The third kappa shape index (κ3) is 6.14. The van der Waals surface area contributed by atoms with Crippen LogP contribution >= 0.6 is 23.1 Å². The zero-order chi connectivity index (χ0) is 24.0. The minimum absolute atomic E-state index is 0.323. The van der Waals surface area contributed by atoms with E-state index in [0.29, 0.717) is 28.5 Å². The molecule has 8 nitrogen and oxygen atoms in total. The number of imide groups is 1. The van der Waals surface area contributed by atoms with Crippen molar-refractivity contribution in [1.29, 1.82) is 0 Å². The molecule has 0 atom stereocenters. The number of nitrogens with zero attached hydrogens (tertiary/aromatic N) is 3. The molecule has 10 heteroatoms. The zero-order valence-electron chi connectivity index (χ0n) is 19.1. The lowest BCUT2D eigenvalue weighted by molar-refractivity contribution is -0.115. The molecule has 1 aliphatic carbocycles. The number of thiophene rings is 1. The Morgan fingerprint density at radius 3 is 2.74 bits per heavy atom. The first kappa shape index (κ1) is 23.7. The molecule has 1 saturated carbocycles. The number of carbonyl (C=O) groups is 2. The maximum atomic E-state index is 11.8. The molecule has 3 aromatic rings. The quantitative estimate of drug-likeness (QED) is 0.378. The Morgan fingerprint density at radius 2 is 1.97 bits per heavy atom. The maximum Gasteiger partial charge on any atom is 0.290 e. The lowest BCUT2D eigenvalue weighted by Crippen LogP contribution is -2.31. The van der Waals surface area contributed by atoms with Crippen molar-refractivity contribution in [2.45, 2.75) is 38.3 Å². The number of hydrogen-bond acceptors (Lipinski definition) is 9. The SMILES string of the molecule is O=C1NC(=O)C(=Cc2ccnc(NC3CCC(CNCc4cccnc4-c4ccsc4)CC3)n2)S1. The van der Waals surface area contributed by atoms with Gasteiger partial charge in [-0.15, -0.1) is 0 Å². The van der Waals surface area contributed by atoms with E-state index < -0.39 is 0 Å². The van der Waals surface area contributed by atoms with E-state index in [2.05, 4.69) is 53.8 Å². The molecule has 2 fully saturated rings. The van der Waals surface area contributed by atoms with Crippen LogP contribution in [0.4, 0.5) is 10.7 Å². The van der Waals surface area contributed by atoms with Crippen molar-refractivity contribution >= 4 is 46.3 Å². The average Bonchev–Trinajstić information content (AvgIpc) is 3.50. The summed E-state index contributed by atoms with van der Waals surface area (Å²) in [5.74, 6) is 0.807. The molecule has 0 aromatic carbocycles. The van der Waals surface area contributed by atoms with Gasteiger partial charge in [-0.1, -0.05) is 6.07 Å². The smallest absolute Gasteiger partial charge is 0.290 e. The highest BCUT2D eigenvalue weighted by molar-refractivity contribution is 8.18. The zero-order valence-corrected chi connectivity index (χ0v) is 20.7. The number of amides is 2. The molecule has 0 unspecified atom stereocenters. The number of thioether (sulfide) groups is 1. The summed E-state index contributed by atoms with van der Waals surface area (Å²) in [7, 11) is 0. The number of pyridine rings is 1. The molecule has 0 spiro atoms. The van der Waals surface area contributed by atoms with Gasteiger partial charge in [0.05, 0.1) is 16.3 Å². The van der Waals surface area contributed by atoms with Crippen LogP contribution in [0.15, 0.2) is 52.3 Å². The van der Waals surface area contributed by atoms with E-state index in [1.54, 1.807) is 29.7 Å². The fraction of sp³-hybridized carbons (Fsp3) is 0.320. The average molecular weight is 507 g/mol. The predicted octanol–water partition coefficient (Wildman–Crippen LogP) is 4.68. The molecule has 5 rings (SSSR count). The normalized spacial score (nSPS) is 21.3. The molecule has 3 aromatic heterocycles. The van der Waals surface area contributed by atoms with E-state index in [-0.39, 0.29) is 11.1 Å². The largest absolute Gasteiger partial charge is 0.351 e. The van der Waals surface area contributed by atoms with Crippen molar-refractivity contribution in [2.24, 2.45) is 5.92 Å². The van der Waals surface area contributed by atoms with Gasteiger partial charge < -0.3 is 10.6 Å². The monoisotopic (exact) mass is 506 g/mol. The van der Waals surface area contributed by atoms with Crippen molar-refractivity contribution in [2.75, 3.05) is 11.9 Å². The molecule has 2 amide bonds. The number of aromatic nitrogens is 3. The van der Waals surface area contributed by atoms with Crippen molar-refractivity contribution in [1.82, 2.24) is 25.6 Å². The van der Waals surface area contributed by atoms with E-state index in [9.17, 15) is 9.59 Å². The van der Waals surface area contributed by atoms with Crippen LogP contribution in [-0.2, 0) is 11.3 Å². The molecule has 3 N–H and O–H groups in total. The van der Waals surface area contributed by atoms with E-state index >= 15 is 0 Å². The molecule has 1 aliphatic heterocycles. The van der Waals surface area contributed by atoms with Crippen molar-refractivity contribution in [3.05, 3.63) is 63.6 Å². The van der Waals surface area contributed by atoms with E-state index in [0.717, 1.165) is 56.2 Å². The summed E-state index contributed by atoms with van der Waals surface area (Å²) in [6.45, 7) is 1.80. The number of anilines is 1. The molecule has 35 heavy (non-hydrogen) atoms. The van der Waals surface area contributed by atoms with Gasteiger partial charge in [0.2, 0.25) is 5.95 Å². The van der Waals surface area contributed by atoms with E-state index in [1.165, 1.54) is 11.1 Å². The third-order valence-electron chi connectivity index (χ3n) is 6.21. The molecule has 0 radical (unpaired) electrons. The van der Waals surface area contributed by atoms with Crippen molar-refractivity contribution in [3.63, 3.8) is 0 Å². The Kier molecular flexibility index (Phi) is 7.51. The van der Waals surface area contributed by atoms with Gasteiger partial charge in [0.25, 0.3) is 11.1 Å². The number of hydrogen-bond donors (Lipinski definition) is 3. The molecule has 1 saturated heterocycles. The lowest BCUT2D eigenvalue weighted by atomic mass is 9.86. The minimum Gasteiger partial charge on any atom is -0.351 e. The van der Waals surface area contributed by atoms with Gasteiger partial charge in [-0.05, 0) is 85.1 Å². The van der Waals surface area contributed by atoms with Gasteiger partial charge >= 0.3 is 0 Å². The summed E-state index contributed by atoms with van der Waals surface area (Å²) in [4.78, 5) is 36.9. The number of rotatable bonds is 8. The minimum atomic E-state index is -0.383. The molecule has 4 heterocycles. The summed E-state index contributed by atoms with van der Waals surface area (Å²) < 4.78 is 0. The summed E-state index contributed by atoms with van der Waals surface area (Å²) in [5.41, 5.74) is 4.07. The van der Waals surface area contributed by atoms with Crippen LogP contribution in [0, 0.1) is 5.92 Å². The van der Waals surface area contributed by atoms with Crippen molar-refractivity contribution < 1.29 is 9.59 Å². The first-order valence-corrected chi connectivity index (χ1v) is 13.4. The second-order valence-corrected chi connectivity index (χ2v) is 10.5. The van der Waals surface area contributed by atoms with E-state index in [1.807, 2.05) is 12.3 Å². The Labute approximate surface area is 212 Å². The van der Waals surface area contributed by atoms with Gasteiger partial charge in [-0.2, -0.15) is 11.3 Å². The van der Waals surface area contributed by atoms with Crippen LogP contribution < -0.4 is 16.0 Å². The van der Waals surface area contributed by atoms with Crippen LogP contribution in [0.25, 0.3) is 17.3 Å². The highest BCUT2D eigenvalue weighted by Gasteiger charge is 2.25. The van der Waals surface area contributed by atoms with Crippen LogP contribution in [-0.4, -0.2) is 38.7 Å². The summed E-state index contributed by atoms with van der Waals surface area (Å²) in [6, 6.07) is 8.31. The van der Waals surface area contributed by atoms with Gasteiger partial charge in [-0.25, -0.2) is 9.97 Å². The fourth-order valence-electron chi connectivity index (χ4n) is 4.42. The fourth-order valence-corrected chi connectivity index (χ4v) is 5.73. The lowest BCUT2D eigenvalue weighted by Gasteiger charge is -2.29. The molecular weight excluding hydrogens is 480 g/mol. The predicted molar refractivity (Wildman–Crippen MR) is 140 cm³/mol. The molecule has 0 bridgehead atoms. The molecular formula is C25H26N6O2S2. The molecule has 180 valence electrons. The summed E-state index contributed by atoms with van der Waals surface area (Å²) in [6.07, 6.45) is 9.52. The second kappa shape index (κ2) is 11.1. The summed E-state index contributed by atoms with van der Waals surface area (Å²) >= 11 is 2.58. The second-order valence-electron chi connectivity index (χ2n) is 8.67. The highest BCUT2D eigenvalue weighted by Crippen LogP contribution is 2.28. The highest BCUT2D eigenvalue weighted by atomic mass is 32.2. The Bertz CT molecular complexity index is 1220. The maximum absolute atomic E-state index is 11.8. The third-order valence-corrected chi connectivity index (χ3v) is 7.71. The van der Waals surface area contributed by atoms with Crippen LogP contribution in [0.3, 0.4) is 0 Å². The van der Waals surface area contributed by atoms with Crippen LogP contribution in [0.2, 0.25) is 0 Å². The van der Waals surface area contributed by atoms with Gasteiger partial charge in [-0.3, -0.25) is 19.9 Å². The number of nitrogens with one attached hydrogen (secondary N) is 3. The Morgan fingerprint density at radius 1 is 1.09 bits per heavy atom.